The van der Waals surface area contributed by atoms with Crippen LogP contribution in [0.3, 0.4) is 0 Å². The molecule has 1 heterocycles. The number of rotatable bonds is 5. The molecular formula is C15H19F3N2O5. The molecule has 0 spiro atoms. The van der Waals surface area contributed by atoms with E-state index in [0.717, 1.165) is 19.3 Å². The molecule has 0 aromatic heterocycles. The molecule has 2 aliphatic rings. The van der Waals surface area contributed by atoms with Crippen molar-refractivity contribution in [2.75, 3.05) is 6.54 Å². The van der Waals surface area contributed by atoms with Crippen LogP contribution in [0.25, 0.3) is 0 Å². The lowest BCUT2D eigenvalue weighted by molar-refractivity contribution is -0.192. The van der Waals surface area contributed by atoms with Gasteiger partial charge in [-0.25, -0.2) is 4.79 Å². The lowest BCUT2D eigenvalue weighted by Crippen LogP contribution is -2.31. The molecule has 0 bridgehead atoms. The molecule has 10 heteroatoms. The van der Waals surface area contributed by atoms with Crippen molar-refractivity contribution in [2.45, 2.75) is 44.3 Å². The van der Waals surface area contributed by atoms with Crippen molar-refractivity contribution >= 4 is 23.6 Å². The Labute approximate surface area is 141 Å². The number of nitrogens with zero attached hydrogens (tertiary/aromatic N) is 1. The maximum atomic E-state index is 11.9. The molecule has 2 rings (SSSR count). The molecule has 2 atom stereocenters. The fraction of sp³-hybridized carbons (Fsp3) is 0.600. The van der Waals surface area contributed by atoms with Gasteiger partial charge in [-0.2, -0.15) is 13.2 Å². The molecule has 1 aliphatic carbocycles. The fourth-order valence-electron chi connectivity index (χ4n) is 2.58. The molecule has 2 amide bonds. The number of amides is 2. The van der Waals surface area contributed by atoms with E-state index in [4.69, 9.17) is 15.6 Å². The van der Waals surface area contributed by atoms with Gasteiger partial charge < -0.3 is 10.8 Å². The van der Waals surface area contributed by atoms with Gasteiger partial charge in [0.25, 0.3) is 11.8 Å². The number of ketones is 1. The Balaban J connectivity index is 0.000000381. The van der Waals surface area contributed by atoms with Gasteiger partial charge in [-0.15, -0.1) is 0 Å². The summed E-state index contributed by atoms with van der Waals surface area (Å²) < 4.78 is 31.7. The van der Waals surface area contributed by atoms with E-state index in [-0.39, 0.29) is 29.6 Å². The standard InChI is InChI=1S/C13H18N2O3.C2HF3O2/c14-10-4-3-9(8-10)11(16)2-1-7-15-12(17)5-6-13(15)18;3-2(4,5)1(6)7/h5-6,9-10H,1-4,7-8,14H2;(H,6,7)/t9-,10+;/m0./s1. The Hall–Kier alpha value is -2.23. The average molecular weight is 364 g/mol. The van der Waals surface area contributed by atoms with E-state index in [9.17, 15) is 27.6 Å². The van der Waals surface area contributed by atoms with Crippen LogP contribution in [-0.2, 0) is 19.2 Å². The first-order valence-corrected chi connectivity index (χ1v) is 7.64. The summed E-state index contributed by atoms with van der Waals surface area (Å²) in [6.45, 7) is 0.329. The summed E-state index contributed by atoms with van der Waals surface area (Å²) in [6.07, 6.45) is 0.993. The number of carboxylic acids is 1. The smallest absolute Gasteiger partial charge is 0.475 e. The van der Waals surface area contributed by atoms with Crippen molar-refractivity contribution in [3.8, 4) is 0 Å². The minimum Gasteiger partial charge on any atom is -0.475 e. The highest BCUT2D eigenvalue weighted by Gasteiger charge is 2.38. The van der Waals surface area contributed by atoms with Gasteiger partial charge in [0.15, 0.2) is 0 Å². The Morgan fingerprint density at radius 3 is 2.12 bits per heavy atom. The zero-order valence-corrected chi connectivity index (χ0v) is 13.3. The van der Waals surface area contributed by atoms with Crippen LogP contribution in [0, 0.1) is 5.92 Å². The van der Waals surface area contributed by atoms with Crippen LogP contribution in [0.4, 0.5) is 13.2 Å². The molecule has 7 nitrogen and oxygen atoms in total. The Morgan fingerprint density at radius 1 is 1.20 bits per heavy atom. The predicted octanol–water partition coefficient (Wildman–Crippen LogP) is 1.02. The molecule has 3 N–H and O–H groups in total. The lowest BCUT2D eigenvalue weighted by atomic mass is 9.98. The maximum absolute atomic E-state index is 11.9. The van der Waals surface area contributed by atoms with Gasteiger partial charge in [-0.05, 0) is 25.7 Å². The third kappa shape index (κ3) is 6.65. The molecule has 0 aromatic rings. The summed E-state index contributed by atoms with van der Waals surface area (Å²) in [6, 6.07) is 0.157. The number of halogens is 3. The minimum absolute atomic E-state index is 0.0862. The normalized spacial score (nSPS) is 22.8. The summed E-state index contributed by atoms with van der Waals surface area (Å²) in [7, 11) is 0. The van der Waals surface area contributed by atoms with Crippen molar-refractivity contribution in [1.82, 2.24) is 4.90 Å². The highest BCUT2D eigenvalue weighted by Crippen LogP contribution is 2.26. The molecule has 0 aromatic carbocycles. The summed E-state index contributed by atoms with van der Waals surface area (Å²) in [4.78, 5) is 44.5. The van der Waals surface area contributed by atoms with E-state index in [1.54, 1.807) is 0 Å². The van der Waals surface area contributed by atoms with Gasteiger partial charge in [-0.1, -0.05) is 0 Å². The van der Waals surface area contributed by atoms with E-state index in [2.05, 4.69) is 0 Å². The molecule has 0 saturated heterocycles. The second-order valence-electron chi connectivity index (χ2n) is 5.80. The van der Waals surface area contributed by atoms with Crippen LogP contribution < -0.4 is 5.73 Å². The average Bonchev–Trinajstić information content (AvgIpc) is 3.07. The topological polar surface area (TPSA) is 118 Å². The van der Waals surface area contributed by atoms with Crippen molar-refractivity contribution in [1.29, 1.82) is 0 Å². The fourth-order valence-corrected chi connectivity index (χ4v) is 2.58. The Kier molecular flexibility index (Phi) is 7.28. The number of carbonyl (C=O) groups is 4. The molecule has 1 saturated carbocycles. The first-order chi connectivity index (χ1) is 11.5. The molecule has 25 heavy (non-hydrogen) atoms. The molecule has 0 radical (unpaired) electrons. The quantitative estimate of drug-likeness (QED) is 0.704. The van der Waals surface area contributed by atoms with E-state index in [1.165, 1.54) is 17.1 Å². The third-order valence-corrected chi connectivity index (χ3v) is 3.88. The number of nitrogens with two attached hydrogens (primary N) is 1. The first-order valence-electron chi connectivity index (χ1n) is 7.64. The number of hydrogen-bond acceptors (Lipinski definition) is 5. The van der Waals surface area contributed by atoms with Crippen LogP contribution in [0.1, 0.15) is 32.1 Å². The monoisotopic (exact) mass is 364 g/mol. The molecule has 1 aliphatic heterocycles. The van der Waals surface area contributed by atoms with Gasteiger partial charge >= 0.3 is 12.1 Å². The highest BCUT2D eigenvalue weighted by molar-refractivity contribution is 6.12. The van der Waals surface area contributed by atoms with E-state index >= 15 is 0 Å². The maximum Gasteiger partial charge on any atom is 0.490 e. The Bertz CT molecular complexity index is 556. The van der Waals surface area contributed by atoms with E-state index in [1.807, 2.05) is 0 Å². The number of alkyl halides is 3. The van der Waals surface area contributed by atoms with E-state index in [0.29, 0.717) is 19.4 Å². The zero-order valence-electron chi connectivity index (χ0n) is 13.3. The second kappa shape index (κ2) is 8.75. The zero-order chi connectivity index (χ0) is 19.2. The third-order valence-electron chi connectivity index (χ3n) is 3.88. The summed E-state index contributed by atoms with van der Waals surface area (Å²) in [5, 5.41) is 7.12. The molecular weight excluding hydrogens is 345 g/mol. The summed E-state index contributed by atoms with van der Waals surface area (Å²) in [5.74, 6) is -3.02. The van der Waals surface area contributed by atoms with Gasteiger partial charge in [0.1, 0.15) is 5.78 Å². The van der Waals surface area contributed by atoms with Crippen LogP contribution in [-0.4, -0.2) is 52.3 Å². The van der Waals surface area contributed by atoms with Gasteiger partial charge in [0.2, 0.25) is 0 Å². The first kappa shape index (κ1) is 20.8. The molecule has 1 fully saturated rings. The van der Waals surface area contributed by atoms with Crippen molar-refractivity contribution in [3.63, 3.8) is 0 Å². The SMILES string of the molecule is N[C@@H]1CC[C@H](C(=O)CCCN2C(=O)C=CC2=O)C1.O=C(O)C(F)(F)F. The number of hydrogen-bond donors (Lipinski definition) is 2. The number of carboxylic acid groups (broad SMARTS) is 1. The second-order valence-corrected chi connectivity index (χ2v) is 5.80. The van der Waals surface area contributed by atoms with Gasteiger partial charge in [-0.3, -0.25) is 19.3 Å². The minimum atomic E-state index is -5.08. The molecule has 0 unspecified atom stereocenters. The van der Waals surface area contributed by atoms with Crippen LogP contribution in [0.2, 0.25) is 0 Å². The van der Waals surface area contributed by atoms with E-state index < -0.39 is 12.1 Å². The number of imide groups is 1. The molecule has 140 valence electrons. The Morgan fingerprint density at radius 2 is 1.72 bits per heavy atom. The number of carbonyl (C=O) groups excluding carboxylic acids is 3. The van der Waals surface area contributed by atoms with Crippen LogP contribution >= 0.6 is 0 Å². The van der Waals surface area contributed by atoms with Gasteiger partial charge in [0.05, 0.1) is 0 Å². The summed E-state index contributed by atoms with van der Waals surface area (Å²) >= 11 is 0. The van der Waals surface area contributed by atoms with Gasteiger partial charge in [0, 0.05) is 37.1 Å². The lowest BCUT2D eigenvalue weighted by Gasteiger charge is -2.14. The van der Waals surface area contributed by atoms with Crippen LogP contribution in [0.5, 0.6) is 0 Å². The summed E-state index contributed by atoms with van der Waals surface area (Å²) in [5.41, 5.74) is 5.77. The predicted molar refractivity (Wildman–Crippen MR) is 79.1 cm³/mol. The largest absolute Gasteiger partial charge is 0.490 e. The van der Waals surface area contributed by atoms with Crippen LogP contribution in [0.15, 0.2) is 12.2 Å². The van der Waals surface area contributed by atoms with Crippen molar-refractivity contribution in [2.24, 2.45) is 11.7 Å². The van der Waals surface area contributed by atoms with Crippen molar-refractivity contribution in [3.05, 3.63) is 12.2 Å². The van der Waals surface area contributed by atoms with Crippen molar-refractivity contribution < 1.29 is 37.5 Å². The number of Topliss-reactive ketones (excluding diaryl/α,β-unsaturated/α-hetero) is 1. The highest BCUT2D eigenvalue weighted by atomic mass is 19.4. The number of aliphatic carboxylic acids is 1.